The highest BCUT2D eigenvalue weighted by atomic mass is 16.2. The van der Waals surface area contributed by atoms with Crippen LogP contribution >= 0.6 is 0 Å². The molecule has 116 valence electrons. The molecule has 1 heterocycles. The van der Waals surface area contributed by atoms with Crippen molar-refractivity contribution >= 4 is 16.8 Å². The minimum atomic E-state index is -0.197. The Balaban J connectivity index is 1.98. The standard InChI is InChI=1S/C20H20N2O/c1-3-22(4-2)20(23)18-13-9-5-6-10-14(13)19-17(18)15-11-7-8-12-16(15)21-19/h5-12,18,21H,3-4H2,1-2H3. The number of aromatic amines is 1. The van der Waals surface area contributed by atoms with Crippen LogP contribution in [0.2, 0.25) is 0 Å². The molecule has 0 aliphatic heterocycles. The average molecular weight is 304 g/mol. The van der Waals surface area contributed by atoms with Gasteiger partial charge in [-0.2, -0.15) is 0 Å². The molecule has 0 saturated carbocycles. The summed E-state index contributed by atoms with van der Waals surface area (Å²) in [5.74, 6) is 0.00297. The van der Waals surface area contributed by atoms with Crippen LogP contribution in [-0.4, -0.2) is 28.9 Å². The highest BCUT2D eigenvalue weighted by Crippen LogP contribution is 2.48. The summed E-state index contributed by atoms with van der Waals surface area (Å²) in [7, 11) is 0. The van der Waals surface area contributed by atoms with E-state index in [0.717, 1.165) is 46.4 Å². The summed E-state index contributed by atoms with van der Waals surface area (Å²) in [4.78, 5) is 18.6. The molecule has 0 radical (unpaired) electrons. The van der Waals surface area contributed by atoms with Gasteiger partial charge in [-0.1, -0.05) is 42.5 Å². The van der Waals surface area contributed by atoms with Crippen LogP contribution in [0.1, 0.15) is 30.9 Å². The number of nitrogens with zero attached hydrogens (tertiary/aromatic N) is 1. The maximum atomic E-state index is 13.2. The number of likely N-dealkylation sites (N-methyl/N-ethyl adjacent to an activating group) is 1. The topological polar surface area (TPSA) is 36.1 Å². The van der Waals surface area contributed by atoms with Gasteiger partial charge in [0.2, 0.25) is 5.91 Å². The fourth-order valence-corrected chi connectivity index (χ4v) is 3.78. The van der Waals surface area contributed by atoms with Gasteiger partial charge < -0.3 is 9.88 Å². The molecule has 1 aliphatic carbocycles. The van der Waals surface area contributed by atoms with Gasteiger partial charge in [-0.25, -0.2) is 0 Å². The van der Waals surface area contributed by atoms with Crippen molar-refractivity contribution in [2.24, 2.45) is 0 Å². The van der Waals surface area contributed by atoms with Crippen LogP contribution in [0.3, 0.4) is 0 Å². The summed E-state index contributed by atoms with van der Waals surface area (Å²) in [6.45, 7) is 5.56. The summed E-state index contributed by atoms with van der Waals surface area (Å²) in [5.41, 5.74) is 5.62. The van der Waals surface area contributed by atoms with Crippen molar-refractivity contribution in [3.63, 3.8) is 0 Å². The van der Waals surface area contributed by atoms with Gasteiger partial charge in [-0.3, -0.25) is 4.79 Å². The van der Waals surface area contributed by atoms with Gasteiger partial charge >= 0.3 is 0 Å². The van der Waals surface area contributed by atoms with Gasteiger partial charge in [-0.05, 0) is 25.5 Å². The lowest BCUT2D eigenvalue weighted by Gasteiger charge is -2.23. The number of nitrogens with one attached hydrogen (secondary N) is 1. The number of benzene rings is 2. The number of carbonyl (C=O) groups is 1. The second-order valence-corrected chi connectivity index (χ2v) is 5.99. The largest absolute Gasteiger partial charge is 0.354 e. The molecular weight excluding hydrogens is 284 g/mol. The first kappa shape index (κ1) is 14.1. The van der Waals surface area contributed by atoms with E-state index in [0.29, 0.717) is 0 Å². The lowest BCUT2D eigenvalue weighted by Crippen LogP contribution is -2.34. The Bertz CT molecular complexity index is 890. The summed E-state index contributed by atoms with van der Waals surface area (Å²) < 4.78 is 0. The van der Waals surface area contributed by atoms with Gasteiger partial charge in [0, 0.05) is 35.1 Å². The normalized spacial score (nSPS) is 15.5. The lowest BCUT2D eigenvalue weighted by molar-refractivity contribution is -0.131. The van der Waals surface area contributed by atoms with E-state index >= 15 is 0 Å². The number of amides is 1. The molecule has 4 rings (SSSR count). The van der Waals surface area contributed by atoms with Crippen molar-refractivity contribution in [1.29, 1.82) is 0 Å². The zero-order valence-corrected chi connectivity index (χ0v) is 13.5. The van der Waals surface area contributed by atoms with Crippen molar-refractivity contribution in [3.05, 3.63) is 59.7 Å². The summed E-state index contributed by atoms with van der Waals surface area (Å²) in [6.07, 6.45) is 0. The van der Waals surface area contributed by atoms with E-state index in [9.17, 15) is 4.79 Å². The second kappa shape index (κ2) is 5.27. The Hall–Kier alpha value is -2.55. The molecule has 3 aromatic rings. The van der Waals surface area contributed by atoms with Crippen LogP contribution in [0.15, 0.2) is 48.5 Å². The summed E-state index contributed by atoms with van der Waals surface area (Å²) >= 11 is 0. The maximum absolute atomic E-state index is 13.2. The third kappa shape index (κ3) is 1.93. The van der Waals surface area contributed by atoms with Crippen molar-refractivity contribution in [3.8, 4) is 11.3 Å². The molecule has 0 fully saturated rings. The number of H-pyrrole nitrogens is 1. The highest BCUT2D eigenvalue weighted by molar-refractivity contribution is 6.04. The summed E-state index contributed by atoms with van der Waals surface area (Å²) in [6, 6.07) is 16.5. The second-order valence-electron chi connectivity index (χ2n) is 5.99. The number of hydrogen-bond acceptors (Lipinski definition) is 1. The van der Waals surface area contributed by atoms with E-state index in [1.807, 2.05) is 43.0 Å². The third-order valence-electron chi connectivity index (χ3n) is 4.90. The number of fused-ring (bicyclic) bond motifs is 5. The first-order chi connectivity index (χ1) is 11.3. The Morgan fingerprint density at radius 2 is 1.74 bits per heavy atom. The molecule has 0 spiro atoms. The molecule has 3 heteroatoms. The Morgan fingerprint density at radius 3 is 2.52 bits per heavy atom. The van der Waals surface area contributed by atoms with E-state index in [4.69, 9.17) is 0 Å². The average Bonchev–Trinajstić information content (AvgIpc) is 3.10. The predicted octanol–water partition coefficient (Wildman–Crippen LogP) is 4.15. The van der Waals surface area contributed by atoms with E-state index in [1.54, 1.807) is 0 Å². The number of rotatable bonds is 3. The van der Waals surface area contributed by atoms with Crippen molar-refractivity contribution < 1.29 is 4.79 Å². The molecule has 1 atom stereocenters. The fraction of sp³-hybridized carbons (Fsp3) is 0.250. The van der Waals surface area contributed by atoms with Crippen molar-refractivity contribution in [1.82, 2.24) is 9.88 Å². The van der Waals surface area contributed by atoms with Crippen LogP contribution in [-0.2, 0) is 4.79 Å². The number of para-hydroxylation sites is 1. The zero-order chi connectivity index (χ0) is 16.0. The van der Waals surface area contributed by atoms with Gasteiger partial charge in [0.05, 0.1) is 11.6 Å². The van der Waals surface area contributed by atoms with Crippen molar-refractivity contribution in [2.75, 3.05) is 13.1 Å². The first-order valence-corrected chi connectivity index (χ1v) is 8.25. The predicted molar refractivity (Wildman–Crippen MR) is 93.5 cm³/mol. The van der Waals surface area contributed by atoms with Crippen LogP contribution in [0.25, 0.3) is 22.2 Å². The van der Waals surface area contributed by atoms with Gasteiger partial charge in [0.15, 0.2) is 0 Å². The fourth-order valence-electron chi connectivity index (χ4n) is 3.78. The molecular formula is C20H20N2O. The van der Waals surface area contributed by atoms with Gasteiger partial charge in [0.25, 0.3) is 0 Å². The maximum Gasteiger partial charge on any atom is 0.234 e. The molecule has 3 nitrogen and oxygen atoms in total. The van der Waals surface area contributed by atoms with E-state index in [-0.39, 0.29) is 11.8 Å². The Labute approximate surface area is 135 Å². The number of hydrogen-bond donors (Lipinski definition) is 1. The van der Waals surface area contributed by atoms with Crippen LogP contribution in [0.5, 0.6) is 0 Å². The quantitative estimate of drug-likeness (QED) is 0.775. The smallest absolute Gasteiger partial charge is 0.234 e. The van der Waals surface area contributed by atoms with E-state index < -0.39 is 0 Å². The lowest BCUT2D eigenvalue weighted by atomic mass is 9.94. The van der Waals surface area contributed by atoms with Crippen molar-refractivity contribution in [2.45, 2.75) is 19.8 Å². The van der Waals surface area contributed by atoms with Crippen LogP contribution < -0.4 is 0 Å². The zero-order valence-electron chi connectivity index (χ0n) is 13.5. The van der Waals surface area contributed by atoms with Gasteiger partial charge in [-0.15, -0.1) is 0 Å². The Morgan fingerprint density at radius 1 is 1.04 bits per heavy atom. The molecule has 23 heavy (non-hydrogen) atoms. The van der Waals surface area contributed by atoms with E-state index in [2.05, 4.69) is 29.2 Å². The highest BCUT2D eigenvalue weighted by Gasteiger charge is 2.38. The first-order valence-electron chi connectivity index (χ1n) is 8.25. The molecule has 0 saturated heterocycles. The molecule has 1 amide bonds. The third-order valence-corrected chi connectivity index (χ3v) is 4.90. The number of carbonyl (C=O) groups excluding carboxylic acids is 1. The van der Waals surface area contributed by atoms with Gasteiger partial charge in [0.1, 0.15) is 0 Å². The molecule has 1 aromatic heterocycles. The monoisotopic (exact) mass is 304 g/mol. The minimum absolute atomic E-state index is 0.197. The molecule has 1 N–H and O–H groups in total. The van der Waals surface area contributed by atoms with E-state index in [1.165, 1.54) is 0 Å². The molecule has 1 aliphatic rings. The molecule has 2 aromatic carbocycles. The molecule has 1 unspecified atom stereocenters. The summed E-state index contributed by atoms with van der Waals surface area (Å²) in [5, 5.41) is 1.16. The minimum Gasteiger partial charge on any atom is -0.354 e. The van der Waals surface area contributed by atoms with Crippen LogP contribution in [0, 0.1) is 0 Å². The molecule has 0 bridgehead atoms. The Kier molecular flexibility index (Phi) is 3.22. The SMILES string of the molecule is CCN(CC)C(=O)C1c2ccccc2-c2[nH]c3ccccc3c21. The number of aromatic nitrogens is 1. The van der Waals surface area contributed by atoms with Crippen LogP contribution in [0.4, 0.5) is 0 Å².